The molecule has 0 radical (unpaired) electrons. The zero-order valence-corrected chi connectivity index (χ0v) is 12.5. The smallest absolute Gasteiger partial charge is 0.412 e. The molecule has 0 aliphatic heterocycles. The predicted octanol–water partition coefficient (Wildman–Crippen LogP) is -7.46. The van der Waals surface area contributed by atoms with Gasteiger partial charge in [0.15, 0.2) is 0 Å². The van der Waals surface area contributed by atoms with Crippen molar-refractivity contribution in [1.29, 1.82) is 0 Å². The van der Waals surface area contributed by atoms with Crippen LogP contribution in [0.1, 0.15) is 0 Å². The Morgan fingerprint density at radius 1 is 0.938 bits per heavy atom. The van der Waals surface area contributed by atoms with E-state index < -0.39 is 14.2 Å². The number of hydrogen-bond donors (Lipinski definition) is 3. The molecule has 0 aliphatic carbocycles. The number of anilines is 1. The number of rotatable bonds is 1. The van der Waals surface area contributed by atoms with Gasteiger partial charge < -0.3 is 21.9 Å². The van der Waals surface area contributed by atoms with Crippen molar-refractivity contribution in [3.05, 3.63) is 24.3 Å². The van der Waals surface area contributed by atoms with Gasteiger partial charge in [0, 0.05) is 0 Å². The van der Waals surface area contributed by atoms with E-state index in [9.17, 15) is 3.74 Å². The molecule has 0 heterocycles. The maximum Gasteiger partial charge on any atom is 1.00 e. The average molecular weight is 312 g/mol. The Labute approximate surface area is 117 Å². The van der Waals surface area contributed by atoms with Gasteiger partial charge in [-0.3, -0.25) is 0 Å². The fourth-order valence-corrected chi connectivity index (χ4v) is 1.80. The van der Waals surface area contributed by atoms with Crippen LogP contribution < -0.4 is 39.6 Å². The van der Waals surface area contributed by atoms with Crippen LogP contribution >= 0.6 is 0 Å². The molecule has 0 fully saturated rings. The third kappa shape index (κ3) is 9.37. The van der Waals surface area contributed by atoms with Gasteiger partial charge in [-0.2, -0.15) is 0 Å². The Balaban J connectivity index is -0.0000000807. The Morgan fingerprint density at radius 2 is 1.25 bits per heavy atom. The predicted molar refractivity (Wildman–Crippen MR) is 55.8 cm³/mol. The summed E-state index contributed by atoms with van der Waals surface area (Å²) in [4.78, 5) is 0. The molecule has 0 saturated carbocycles. The largest absolute Gasteiger partial charge is 1.00 e. The van der Waals surface area contributed by atoms with Gasteiger partial charge in [0.25, 0.3) is 0 Å². The minimum Gasteiger partial charge on any atom is -0.412 e. The molecule has 0 unspecified atom stereocenters. The summed E-state index contributed by atoms with van der Waals surface area (Å²) >= 11 is -4.68. The summed E-state index contributed by atoms with van der Waals surface area (Å²) in [6.07, 6.45) is 0. The van der Waals surface area contributed by atoms with Crippen LogP contribution in [0.4, 0.5) is 5.69 Å². The fourth-order valence-electron chi connectivity index (χ4n) is 0.669. The summed E-state index contributed by atoms with van der Waals surface area (Å²) < 4.78 is 28.1. The van der Waals surface area contributed by atoms with E-state index in [4.69, 9.17) is 13.9 Å². The molecule has 8 nitrogen and oxygen atoms in total. The molecule has 1 aromatic carbocycles. The van der Waals surface area contributed by atoms with E-state index in [-0.39, 0.29) is 55.8 Å². The van der Waals surface area contributed by atoms with E-state index in [1.807, 2.05) is 0 Å². The molecule has 0 atom stereocenters. The molecule has 0 spiro atoms. The Hall–Kier alpha value is 0.138. The first-order valence-electron chi connectivity index (χ1n) is 2.92. The second kappa shape index (κ2) is 11.6. The SMILES string of the molecule is Nc1ccc([As](=O)(O)O)cc1.O.O.O.O.[Na+]. The van der Waals surface area contributed by atoms with Gasteiger partial charge in [0.05, 0.1) is 0 Å². The number of hydrogen-bond acceptors (Lipinski definition) is 2. The molecular weight excluding hydrogens is 296 g/mol. The van der Waals surface area contributed by atoms with Crippen molar-refractivity contribution in [3.8, 4) is 0 Å². The van der Waals surface area contributed by atoms with Crippen molar-refractivity contribution in [2.75, 3.05) is 5.73 Å². The standard InChI is InChI=1S/C6H8AsNO3.Na.4H2O/c8-6-3-1-5(2-4-6)7(9,10)11;;;;;/h1-4H,8H2,(H2,9,10,11);;4*1H2/q;+1;;;;. The van der Waals surface area contributed by atoms with Crippen molar-refractivity contribution < 1.29 is 63.4 Å². The van der Waals surface area contributed by atoms with Gasteiger partial charge in [0.2, 0.25) is 0 Å². The summed E-state index contributed by atoms with van der Waals surface area (Å²) in [5.74, 6) is 0. The van der Waals surface area contributed by atoms with Crippen LogP contribution in [-0.4, -0.2) is 44.3 Å². The summed E-state index contributed by atoms with van der Waals surface area (Å²) in [6, 6.07) is 5.62. The summed E-state index contributed by atoms with van der Waals surface area (Å²) in [6.45, 7) is 0. The number of nitrogen functional groups attached to an aromatic ring is 1. The van der Waals surface area contributed by atoms with E-state index in [0.29, 0.717) is 5.69 Å². The number of benzene rings is 1. The summed E-state index contributed by atoms with van der Waals surface area (Å²) in [5, 5.41) is 0. The second-order valence-corrected chi connectivity index (χ2v) is 5.50. The van der Waals surface area contributed by atoms with Gasteiger partial charge >= 0.3 is 95.7 Å². The van der Waals surface area contributed by atoms with Crippen LogP contribution in [0.25, 0.3) is 0 Å². The van der Waals surface area contributed by atoms with Gasteiger partial charge in [-0.05, 0) is 0 Å². The molecule has 0 bridgehead atoms. The normalized spacial score (nSPS) is 7.88. The third-order valence-corrected chi connectivity index (χ3v) is 3.27. The molecular formula is C6H16AsNNaO7+. The van der Waals surface area contributed by atoms with E-state index in [1.165, 1.54) is 24.3 Å². The molecule has 16 heavy (non-hydrogen) atoms. The van der Waals surface area contributed by atoms with Crippen LogP contribution in [0, 0.1) is 0 Å². The van der Waals surface area contributed by atoms with Crippen molar-refractivity contribution in [2.45, 2.75) is 0 Å². The van der Waals surface area contributed by atoms with Crippen LogP contribution in [0.15, 0.2) is 24.3 Å². The van der Waals surface area contributed by atoms with Crippen molar-refractivity contribution in [3.63, 3.8) is 0 Å². The maximum atomic E-state index is 10.7. The van der Waals surface area contributed by atoms with Crippen LogP contribution in [-0.2, 0) is 3.74 Å². The van der Waals surface area contributed by atoms with Crippen molar-refractivity contribution in [1.82, 2.24) is 0 Å². The molecule has 0 aromatic heterocycles. The third-order valence-electron chi connectivity index (χ3n) is 1.23. The van der Waals surface area contributed by atoms with E-state index in [1.54, 1.807) is 0 Å². The van der Waals surface area contributed by atoms with Gasteiger partial charge in [-0.1, -0.05) is 0 Å². The maximum absolute atomic E-state index is 10.7. The molecule has 92 valence electrons. The van der Waals surface area contributed by atoms with Crippen molar-refractivity contribution in [2.24, 2.45) is 0 Å². The quantitative estimate of drug-likeness (QED) is 0.340. The van der Waals surface area contributed by atoms with Gasteiger partial charge in [0.1, 0.15) is 0 Å². The molecule has 12 N–H and O–H groups in total. The molecule has 0 saturated heterocycles. The van der Waals surface area contributed by atoms with Crippen LogP contribution in [0.3, 0.4) is 0 Å². The second-order valence-electron chi connectivity index (χ2n) is 2.14. The molecule has 0 aliphatic rings. The first-order valence-corrected chi connectivity index (χ1v) is 6.30. The zero-order valence-electron chi connectivity index (χ0n) is 8.64. The molecule has 1 aromatic rings. The minimum atomic E-state index is -4.68. The first kappa shape index (κ1) is 29.8. The first-order chi connectivity index (χ1) is 5.00. The van der Waals surface area contributed by atoms with E-state index >= 15 is 0 Å². The summed E-state index contributed by atoms with van der Waals surface area (Å²) in [5.41, 5.74) is 5.82. The van der Waals surface area contributed by atoms with E-state index in [0.717, 1.165) is 0 Å². The molecule has 0 amide bonds. The molecule has 1 rings (SSSR count). The Bertz CT molecular complexity index is 300. The van der Waals surface area contributed by atoms with Crippen molar-refractivity contribution >= 4 is 24.2 Å². The average Bonchev–Trinajstić information content (AvgIpc) is 1.86. The van der Waals surface area contributed by atoms with E-state index in [2.05, 4.69) is 0 Å². The summed E-state index contributed by atoms with van der Waals surface area (Å²) in [7, 11) is 0. The Kier molecular flexibility index (Phi) is 21.6. The zero-order chi connectivity index (χ0) is 8.48. The topological polar surface area (TPSA) is 210 Å². The van der Waals surface area contributed by atoms with Gasteiger partial charge in [-0.15, -0.1) is 0 Å². The van der Waals surface area contributed by atoms with Crippen LogP contribution in [0.2, 0.25) is 0 Å². The number of nitrogens with two attached hydrogens (primary N) is 1. The Morgan fingerprint density at radius 3 is 1.50 bits per heavy atom. The monoisotopic (exact) mass is 312 g/mol. The fraction of sp³-hybridized carbons (Fsp3) is 0. The minimum absolute atomic E-state index is 0. The van der Waals surface area contributed by atoms with Gasteiger partial charge in [-0.25, -0.2) is 0 Å². The van der Waals surface area contributed by atoms with Crippen LogP contribution in [0.5, 0.6) is 0 Å². The molecule has 10 heteroatoms.